The van der Waals surface area contributed by atoms with E-state index < -0.39 is 0 Å². The Kier molecular flexibility index (Phi) is 8.85. The van der Waals surface area contributed by atoms with Crippen molar-refractivity contribution in [2.45, 2.75) is 19.3 Å². The minimum Gasteiger partial charge on any atom is -0.162 e. The summed E-state index contributed by atoms with van der Waals surface area (Å²) in [5.41, 5.74) is 0. The van der Waals surface area contributed by atoms with E-state index in [-0.39, 0.29) is 0 Å². The summed E-state index contributed by atoms with van der Waals surface area (Å²) in [5, 5.41) is 1.80. The standard InChI is InChI=1S/C7H13S2/c1-2-3-6-9-7-4-5-8/h5H,1-4,6-7H2. The van der Waals surface area contributed by atoms with Crippen molar-refractivity contribution in [2.75, 3.05) is 11.5 Å². The smallest absolute Gasteiger partial charge is 0.00247 e. The van der Waals surface area contributed by atoms with Crippen molar-refractivity contribution in [1.82, 2.24) is 0 Å². The summed E-state index contributed by atoms with van der Waals surface area (Å²) < 4.78 is 0. The van der Waals surface area contributed by atoms with E-state index in [0.717, 1.165) is 12.8 Å². The molecule has 0 aromatic carbocycles. The molecule has 0 aromatic heterocycles. The highest BCUT2D eigenvalue weighted by molar-refractivity contribution is 7.99. The predicted molar refractivity (Wildman–Crippen MR) is 50.2 cm³/mol. The lowest BCUT2D eigenvalue weighted by Crippen LogP contribution is -1.82. The summed E-state index contributed by atoms with van der Waals surface area (Å²) in [5.74, 6) is 2.43. The van der Waals surface area contributed by atoms with E-state index in [4.69, 9.17) is 0 Å². The van der Waals surface area contributed by atoms with Gasteiger partial charge in [-0.15, -0.1) is 0 Å². The third-order valence-electron chi connectivity index (χ3n) is 0.919. The van der Waals surface area contributed by atoms with Gasteiger partial charge in [0.05, 0.1) is 0 Å². The molecule has 0 N–H and O–H groups in total. The molecule has 0 rings (SSSR count). The molecule has 2 heteroatoms. The van der Waals surface area contributed by atoms with Gasteiger partial charge in [-0.2, -0.15) is 11.8 Å². The normalized spacial score (nSPS) is 9.44. The Balaban J connectivity index is 2.66. The molecule has 0 atom stereocenters. The Hall–Kier alpha value is 0.440. The molecule has 9 heavy (non-hydrogen) atoms. The monoisotopic (exact) mass is 161 g/mol. The highest BCUT2D eigenvalue weighted by Gasteiger charge is 1.84. The van der Waals surface area contributed by atoms with Gasteiger partial charge in [0.25, 0.3) is 0 Å². The van der Waals surface area contributed by atoms with E-state index >= 15 is 0 Å². The van der Waals surface area contributed by atoms with E-state index in [9.17, 15) is 0 Å². The van der Waals surface area contributed by atoms with Gasteiger partial charge in [0, 0.05) is 0 Å². The number of rotatable bonds is 6. The van der Waals surface area contributed by atoms with Gasteiger partial charge < -0.3 is 0 Å². The molecule has 0 nitrogen and oxygen atoms in total. The van der Waals surface area contributed by atoms with Crippen molar-refractivity contribution in [1.29, 1.82) is 0 Å². The predicted octanol–water partition coefficient (Wildman–Crippen LogP) is 2.72. The zero-order valence-corrected chi connectivity index (χ0v) is 7.27. The van der Waals surface area contributed by atoms with Crippen LogP contribution in [0.25, 0.3) is 0 Å². The number of thioether (sulfide) groups is 1. The lowest BCUT2D eigenvalue weighted by Gasteiger charge is -1.94. The fourth-order valence-corrected chi connectivity index (χ4v) is 1.60. The Morgan fingerprint density at radius 2 is 2.22 bits per heavy atom. The molecule has 0 aromatic rings. The maximum Gasteiger partial charge on any atom is -0.00247 e. The molecule has 0 fully saturated rings. The summed E-state index contributed by atoms with van der Waals surface area (Å²) in [4.78, 5) is 0. The van der Waals surface area contributed by atoms with Crippen LogP contribution in [-0.4, -0.2) is 16.9 Å². The maximum atomic E-state index is 4.68. The quantitative estimate of drug-likeness (QED) is 0.434. The van der Waals surface area contributed by atoms with Gasteiger partial charge in [-0.25, -0.2) is 0 Å². The first-order valence-corrected chi connectivity index (χ1v) is 4.85. The first-order valence-electron chi connectivity index (χ1n) is 3.22. The molecule has 0 saturated heterocycles. The summed E-state index contributed by atoms with van der Waals surface area (Å²) in [6, 6.07) is 0. The Bertz CT molecular complexity index is 61.9. The molecule has 0 spiro atoms. The highest BCUT2D eigenvalue weighted by Crippen LogP contribution is 2.04. The van der Waals surface area contributed by atoms with Crippen molar-refractivity contribution in [3.63, 3.8) is 0 Å². The van der Waals surface area contributed by atoms with Crippen LogP contribution >= 0.6 is 24.0 Å². The second-order valence-corrected chi connectivity index (χ2v) is 3.33. The van der Waals surface area contributed by atoms with E-state index in [1.54, 1.807) is 5.37 Å². The van der Waals surface area contributed by atoms with Gasteiger partial charge in [-0.3, -0.25) is 0 Å². The van der Waals surface area contributed by atoms with Crippen LogP contribution in [0.15, 0.2) is 0 Å². The van der Waals surface area contributed by atoms with Crippen LogP contribution < -0.4 is 0 Å². The van der Waals surface area contributed by atoms with Gasteiger partial charge in [0.15, 0.2) is 0 Å². The summed E-state index contributed by atoms with van der Waals surface area (Å²) in [7, 11) is 0. The second-order valence-electron chi connectivity index (χ2n) is 1.77. The maximum absolute atomic E-state index is 4.68. The molecular weight excluding hydrogens is 148 g/mol. The molecule has 1 radical (unpaired) electrons. The van der Waals surface area contributed by atoms with Crippen molar-refractivity contribution >= 4 is 29.3 Å². The molecule has 0 bridgehead atoms. The molecular formula is C7H13S2. The highest BCUT2D eigenvalue weighted by atomic mass is 32.2. The molecule has 53 valence electrons. The third-order valence-corrected chi connectivity index (χ3v) is 2.26. The topological polar surface area (TPSA) is 0 Å². The van der Waals surface area contributed by atoms with Gasteiger partial charge in [0.1, 0.15) is 0 Å². The zero-order chi connectivity index (χ0) is 6.95. The summed E-state index contributed by atoms with van der Waals surface area (Å²) >= 11 is 6.64. The van der Waals surface area contributed by atoms with Crippen molar-refractivity contribution in [3.05, 3.63) is 6.92 Å². The van der Waals surface area contributed by atoms with Gasteiger partial charge in [-0.05, 0) is 29.7 Å². The number of hydrogen-bond donors (Lipinski definition) is 0. The molecule has 0 heterocycles. The van der Waals surface area contributed by atoms with Crippen LogP contribution in [-0.2, 0) is 0 Å². The molecule has 0 aliphatic heterocycles. The van der Waals surface area contributed by atoms with Gasteiger partial charge in [0.2, 0.25) is 0 Å². The lowest BCUT2D eigenvalue weighted by molar-refractivity contribution is 0.969. The average Bonchev–Trinajstić information content (AvgIpc) is 1.89. The van der Waals surface area contributed by atoms with E-state index in [1.165, 1.54) is 17.9 Å². The average molecular weight is 161 g/mol. The molecule has 0 saturated carbocycles. The molecule has 0 amide bonds. The first-order chi connectivity index (χ1) is 4.41. The van der Waals surface area contributed by atoms with Gasteiger partial charge >= 0.3 is 0 Å². The second kappa shape index (κ2) is 8.44. The van der Waals surface area contributed by atoms with Crippen LogP contribution in [0.3, 0.4) is 0 Å². The van der Waals surface area contributed by atoms with Crippen LogP contribution in [0.2, 0.25) is 0 Å². The van der Waals surface area contributed by atoms with Crippen LogP contribution in [0, 0.1) is 6.92 Å². The van der Waals surface area contributed by atoms with E-state index in [1.807, 2.05) is 11.8 Å². The fraction of sp³-hybridized carbons (Fsp3) is 0.714. The Morgan fingerprint density at radius 3 is 2.78 bits per heavy atom. The zero-order valence-electron chi connectivity index (χ0n) is 5.64. The SMILES string of the molecule is [CH2]CCCSCCC=S. The third kappa shape index (κ3) is 8.44. The van der Waals surface area contributed by atoms with E-state index in [0.29, 0.717) is 0 Å². The summed E-state index contributed by atoms with van der Waals surface area (Å²) in [6.07, 6.45) is 3.36. The molecule has 0 aliphatic rings. The number of hydrogen-bond acceptors (Lipinski definition) is 2. The minimum atomic E-state index is 1.06. The Morgan fingerprint density at radius 1 is 1.44 bits per heavy atom. The molecule has 0 unspecified atom stereocenters. The van der Waals surface area contributed by atoms with Crippen LogP contribution in [0.4, 0.5) is 0 Å². The largest absolute Gasteiger partial charge is 0.162 e. The lowest BCUT2D eigenvalue weighted by atomic mass is 10.4. The van der Waals surface area contributed by atoms with Crippen molar-refractivity contribution in [3.8, 4) is 0 Å². The summed E-state index contributed by atoms with van der Waals surface area (Å²) in [6.45, 7) is 3.76. The van der Waals surface area contributed by atoms with Crippen molar-refractivity contribution < 1.29 is 0 Å². The number of thiocarbonyl (C=S) groups is 1. The molecule has 0 aliphatic carbocycles. The fourth-order valence-electron chi connectivity index (χ4n) is 0.438. The minimum absolute atomic E-state index is 1.06. The van der Waals surface area contributed by atoms with E-state index in [2.05, 4.69) is 19.1 Å². The van der Waals surface area contributed by atoms with Gasteiger partial charge in [-0.1, -0.05) is 25.6 Å². The van der Waals surface area contributed by atoms with Crippen LogP contribution in [0.5, 0.6) is 0 Å². The Labute approximate surface area is 67.4 Å². The van der Waals surface area contributed by atoms with Crippen LogP contribution in [0.1, 0.15) is 19.3 Å². The first kappa shape index (κ1) is 9.44. The van der Waals surface area contributed by atoms with Crippen molar-refractivity contribution in [2.24, 2.45) is 0 Å². The number of unbranched alkanes of at least 4 members (excludes halogenated alkanes) is 1.